The van der Waals surface area contributed by atoms with E-state index in [2.05, 4.69) is 10.1 Å². The molecule has 138 valence electrons. The zero-order valence-electron chi connectivity index (χ0n) is 14.3. The van der Waals surface area contributed by atoms with Gasteiger partial charge < -0.3 is 9.47 Å². The van der Waals surface area contributed by atoms with Crippen molar-refractivity contribution in [2.24, 2.45) is 0 Å². The Morgan fingerprint density at radius 3 is 2.89 bits per heavy atom. The van der Waals surface area contributed by atoms with Crippen molar-refractivity contribution in [2.75, 3.05) is 0 Å². The SMILES string of the molecule is CC(=S)Oc1ncnn1C[C@]1(c2cccc(F)c2)OC1c1ccccc1Cl. The molecular weight excluding hydrogens is 389 g/mol. The molecule has 5 nitrogen and oxygen atoms in total. The molecule has 1 fully saturated rings. The van der Waals surface area contributed by atoms with Crippen LogP contribution in [0.1, 0.15) is 24.2 Å². The van der Waals surface area contributed by atoms with Gasteiger partial charge in [0.05, 0.1) is 6.54 Å². The molecule has 0 radical (unpaired) electrons. The van der Waals surface area contributed by atoms with E-state index in [-0.39, 0.29) is 24.5 Å². The van der Waals surface area contributed by atoms with Gasteiger partial charge in [-0.2, -0.15) is 10.1 Å². The number of thiocarbonyl (C=S) groups is 1. The van der Waals surface area contributed by atoms with Gasteiger partial charge in [0.25, 0.3) is 0 Å². The van der Waals surface area contributed by atoms with Crippen LogP contribution in [0.4, 0.5) is 4.39 Å². The van der Waals surface area contributed by atoms with Crippen molar-refractivity contribution in [3.05, 3.63) is 76.8 Å². The third kappa shape index (κ3) is 3.45. The third-order valence-electron chi connectivity index (χ3n) is 4.40. The molecule has 0 aliphatic carbocycles. The Bertz CT molecular complexity index is 1010. The van der Waals surface area contributed by atoms with Crippen LogP contribution in [0.5, 0.6) is 6.01 Å². The molecule has 1 aromatic heterocycles. The normalized spacial score (nSPS) is 21.1. The van der Waals surface area contributed by atoms with E-state index < -0.39 is 5.60 Å². The van der Waals surface area contributed by atoms with Gasteiger partial charge in [-0.15, -0.1) is 0 Å². The average Bonchev–Trinajstić information content (AvgIpc) is 3.20. The Hall–Kier alpha value is -2.35. The van der Waals surface area contributed by atoms with E-state index in [9.17, 15) is 4.39 Å². The van der Waals surface area contributed by atoms with Crippen LogP contribution in [0.3, 0.4) is 0 Å². The first-order chi connectivity index (χ1) is 13.0. The summed E-state index contributed by atoms with van der Waals surface area (Å²) < 4.78 is 27.0. The molecule has 27 heavy (non-hydrogen) atoms. The van der Waals surface area contributed by atoms with Crippen LogP contribution in [-0.2, 0) is 16.9 Å². The van der Waals surface area contributed by atoms with Crippen molar-refractivity contribution in [3.8, 4) is 6.01 Å². The van der Waals surface area contributed by atoms with Crippen molar-refractivity contribution in [3.63, 3.8) is 0 Å². The van der Waals surface area contributed by atoms with Crippen LogP contribution in [0, 0.1) is 5.82 Å². The lowest BCUT2D eigenvalue weighted by atomic mass is 9.91. The van der Waals surface area contributed by atoms with Crippen LogP contribution >= 0.6 is 23.8 Å². The van der Waals surface area contributed by atoms with Crippen molar-refractivity contribution < 1.29 is 13.9 Å². The first-order valence-corrected chi connectivity index (χ1v) is 9.03. The number of halogens is 2. The fraction of sp³-hybridized carbons (Fsp3) is 0.211. The summed E-state index contributed by atoms with van der Waals surface area (Å²) in [6.07, 6.45) is 1.03. The van der Waals surface area contributed by atoms with E-state index in [1.807, 2.05) is 24.3 Å². The van der Waals surface area contributed by atoms with E-state index in [1.165, 1.54) is 18.5 Å². The number of hydrogen-bond donors (Lipinski definition) is 0. The molecule has 1 aliphatic rings. The predicted octanol–water partition coefficient (Wildman–Crippen LogP) is 4.46. The standard InChI is InChI=1S/C19H15ClFN3O2S/c1-12(27)25-18-22-11-23-24(18)10-19(13-5-4-6-14(21)9-13)17(26-19)15-7-2-3-8-16(15)20/h2-9,11,17H,10H2,1H3/t17?,19-/m1/s1. The predicted molar refractivity (Wildman–Crippen MR) is 102 cm³/mol. The second kappa shape index (κ2) is 6.99. The smallest absolute Gasteiger partial charge is 0.320 e. The van der Waals surface area contributed by atoms with Crippen molar-refractivity contribution in [1.29, 1.82) is 0 Å². The van der Waals surface area contributed by atoms with E-state index >= 15 is 0 Å². The summed E-state index contributed by atoms with van der Waals surface area (Å²) in [6.45, 7) is 1.92. The first kappa shape index (κ1) is 18.0. The number of rotatable bonds is 5. The number of aromatic nitrogens is 3. The quantitative estimate of drug-likeness (QED) is 0.465. The molecule has 0 amide bonds. The number of ether oxygens (including phenoxy) is 2. The minimum atomic E-state index is -0.839. The Kier molecular flexibility index (Phi) is 4.67. The van der Waals surface area contributed by atoms with Gasteiger partial charge in [0.1, 0.15) is 23.8 Å². The van der Waals surface area contributed by atoms with Crippen LogP contribution in [0.15, 0.2) is 54.9 Å². The Morgan fingerprint density at radius 2 is 2.15 bits per heavy atom. The van der Waals surface area contributed by atoms with Gasteiger partial charge in [0.15, 0.2) is 5.05 Å². The summed E-state index contributed by atoms with van der Waals surface area (Å²) in [5.41, 5.74) is 0.679. The highest BCUT2D eigenvalue weighted by Crippen LogP contribution is 2.59. The zero-order valence-corrected chi connectivity index (χ0v) is 15.9. The fourth-order valence-corrected chi connectivity index (χ4v) is 3.46. The van der Waals surface area contributed by atoms with E-state index in [0.29, 0.717) is 15.6 Å². The second-order valence-electron chi connectivity index (χ2n) is 6.21. The largest absolute Gasteiger partial charge is 0.417 e. The number of benzene rings is 2. The third-order valence-corrected chi connectivity index (χ3v) is 4.82. The van der Waals surface area contributed by atoms with Crippen LogP contribution in [0.2, 0.25) is 5.02 Å². The molecule has 2 heterocycles. The molecule has 4 rings (SSSR count). The lowest BCUT2D eigenvalue weighted by Crippen LogP contribution is -2.21. The van der Waals surface area contributed by atoms with Crippen LogP contribution in [0.25, 0.3) is 0 Å². The molecule has 0 bridgehead atoms. The zero-order chi connectivity index (χ0) is 19.0. The van der Waals surface area contributed by atoms with E-state index in [1.54, 1.807) is 23.7 Å². The van der Waals surface area contributed by atoms with E-state index in [4.69, 9.17) is 33.3 Å². The van der Waals surface area contributed by atoms with Crippen LogP contribution < -0.4 is 4.74 Å². The maximum Gasteiger partial charge on any atom is 0.320 e. The first-order valence-electron chi connectivity index (χ1n) is 8.24. The monoisotopic (exact) mass is 403 g/mol. The topological polar surface area (TPSA) is 52.5 Å². The van der Waals surface area contributed by atoms with Crippen LogP contribution in [-0.4, -0.2) is 19.8 Å². The molecule has 3 aromatic rings. The molecule has 8 heteroatoms. The molecule has 0 N–H and O–H groups in total. The summed E-state index contributed by atoms with van der Waals surface area (Å²) in [5, 5.41) is 5.12. The number of nitrogens with zero attached hydrogens (tertiary/aromatic N) is 3. The Labute approximate surface area is 165 Å². The highest BCUT2D eigenvalue weighted by molar-refractivity contribution is 7.80. The van der Waals surface area contributed by atoms with Gasteiger partial charge in [0, 0.05) is 17.5 Å². The van der Waals surface area contributed by atoms with Gasteiger partial charge in [-0.05, 0) is 36.0 Å². The second-order valence-corrected chi connectivity index (χ2v) is 7.20. The molecular formula is C19H15ClFN3O2S. The number of hydrogen-bond acceptors (Lipinski definition) is 5. The maximum atomic E-state index is 13.9. The summed E-state index contributed by atoms with van der Waals surface area (Å²) in [5.74, 6) is -0.343. The molecule has 1 saturated heterocycles. The summed E-state index contributed by atoms with van der Waals surface area (Å²) in [4.78, 5) is 4.08. The minimum Gasteiger partial charge on any atom is -0.417 e. The molecule has 1 aliphatic heterocycles. The van der Waals surface area contributed by atoms with Crippen molar-refractivity contribution in [1.82, 2.24) is 14.8 Å². The van der Waals surface area contributed by atoms with Gasteiger partial charge in [0.2, 0.25) is 0 Å². The Balaban J connectivity index is 1.74. The van der Waals surface area contributed by atoms with E-state index in [0.717, 1.165) is 5.56 Å². The van der Waals surface area contributed by atoms with Gasteiger partial charge in [-0.3, -0.25) is 0 Å². The van der Waals surface area contributed by atoms with Gasteiger partial charge >= 0.3 is 6.01 Å². The highest BCUT2D eigenvalue weighted by atomic mass is 35.5. The maximum absolute atomic E-state index is 13.9. The molecule has 0 spiro atoms. The average molecular weight is 404 g/mol. The number of epoxide rings is 1. The fourth-order valence-electron chi connectivity index (χ4n) is 3.15. The Morgan fingerprint density at radius 1 is 1.33 bits per heavy atom. The molecule has 2 atom stereocenters. The van der Waals surface area contributed by atoms with Gasteiger partial charge in [-0.25, -0.2) is 9.07 Å². The van der Waals surface area contributed by atoms with Crippen molar-refractivity contribution in [2.45, 2.75) is 25.2 Å². The lowest BCUT2D eigenvalue weighted by molar-refractivity contribution is 0.254. The summed E-state index contributed by atoms with van der Waals surface area (Å²) in [6, 6.07) is 14.0. The summed E-state index contributed by atoms with van der Waals surface area (Å²) >= 11 is 11.3. The van der Waals surface area contributed by atoms with Crippen molar-refractivity contribution >= 4 is 28.9 Å². The highest BCUT2D eigenvalue weighted by Gasteiger charge is 2.60. The summed E-state index contributed by atoms with van der Waals surface area (Å²) in [7, 11) is 0. The lowest BCUT2D eigenvalue weighted by Gasteiger charge is -2.15. The molecule has 2 aromatic carbocycles. The minimum absolute atomic E-state index is 0.256. The molecule has 1 unspecified atom stereocenters. The van der Waals surface area contributed by atoms with Gasteiger partial charge in [-0.1, -0.05) is 41.9 Å². The molecule has 0 saturated carbocycles.